The summed E-state index contributed by atoms with van der Waals surface area (Å²) in [5.41, 5.74) is -0.927. The first-order chi connectivity index (χ1) is 8.71. The minimum atomic E-state index is -3.51. The lowest BCUT2D eigenvalue weighted by Crippen LogP contribution is -2.61. The van der Waals surface area contributed by atoms with Gasteiger partial charge in [0.2, 0.25) is 5.91 Å². The summed E-state index contributed by atoms with van der Waals surface area (Å²) in [6, 6.07) is 3.22. The van der Waals surface area contributed by atoms with Gasteiger partial charge in [0, 0.05) is 24.9 Å². The number of aliphatic hydroxyl groups is 1. The highest BCUT2D eigenvalue weighted by molar-refractivity contribution is 7.91. The fraction of sp³-hybridized carbons (Fsp3) is 0.545. The third-order valence-electron chi connectivity index (χ3n) is 2.78. The third kappa shape index (κ3) is 3.14. The number of amides is 1. The molecule has 1 amide bonds. The van der Waals surface area contributed by atoms with E-state index in [1.54, 1.807) is 13.0 Å². The summed E-state index contributed by atoms with van der Waals surface area (Å²) in [5.74, 6) is -0.156. The van der Waals surface area contributed by atoms with Gasteiger partial charge in [0.15, 0.2) is 0 Å². The number of thiophene rings is 1. The lowest BCUT2D eigenvalue weighted by atomic mass is 10.0. The number of sulfonamides is 1. The van der Waals surface area contributed by atoms with Crippen LogP contribution in [0.15, 0.2) is 16.3 Å². The molecule has 106 valence electrons. The molecule has 1 saturated heterocycles. The van der Waals surface area contributed by atoms with Crippen LogP contribution >= 0.6 is 11.3 Å². The second-order valence-corrected chi connectivity index (χ2v) is 8.23. The molecule has 0 bridgehead atoms. The Hall–Kier alpha value is -0.960. The molecule has 0 unspecified atom stereocenters. The Balaban J connectivity index is 2.08. The molecule has 0 atom stereocenters. The average molecular weight is 304 g/mol. The zero-order valence-corrected chi connectivity index (χ0v) is 12.3. The second-order valence-electron chi connectivity index (χ2n) is 4.90. The molecule has 1 fully saturated rings. The maximum absolute atomic E-state index is 12.2. The summed E-state index contributed by atoms with van der Waals surface area (Å²) in [5, 5.41) is 12.2. The first kappa shape index (κ1) is 14.4. The van der Waals surface area contributed by atoms with Gasteiger partial charge in [-0.25, -0.2) is 8.42 Å². The number of hydrogen-bond donors (Lipinski definition) is 2. The summed E-state index contributed by atoms with van der Waals surface area (Å²) >= 11 is 1.13. The predicted molar refractivity (Wildman–Crippen MR) is 71.2 cm³/mol. The van der Waals surface area contributed by atoms with Gasteiger partial charge in [-0.1, -0.05) is 0 Å². The highest BCUT2D eigenvalue weighted by atomic mass is 32.2. The van der Waals surface area contributed by atoms with Gasteiger partial charge in [-0.05, 0) is 19.1 Å². The molecule has 6 nitrogen and oxygen atoms in total. The summed E-state index contributed by atoms with van der Waals surface area (Å²) in [7, 11) is -3.51. The van der Waals surface area contributed by atoms with Crippen molar-refractivity contribution in [3.8, 4) is 0 Å². The molecule has 1 aliphatic rings. The quantitative estimate of drug-likeness (QED) is 0.828. The van der Waals surface area contributed by atoms with Crippen molar-refractivity contribution in [2.75, 3.05) is 13.1 Å². The van der Waals surface area contributed by atoms with Crippen molar-refractivity contribution in [1.82, 2.24) is 9.62 Å². The van der Waals surface area contributed by atoms with E-state index < -0.39 is 15.6 Å². The standard InChI is InChI=1S/C11H16N2O4S2/c1-8(14)12-5-9-3-4-10(18-9)19(16,17)13-6-11(2,15)7-13/h3-4,15H,5-7H2,1-2H3,(H,12,14). The van der Waals surface area contributed by atoms with E-state index in [0.29, 0.717) is 6.54 Å². The zero-order chi connectivity index (χ0) is 14.3. The Bertz CT molecular complexity index is 584. The lowest BCUT2D eigenvalue weighted by Gasteiger charge is -2.42. The highest BCUT2D eigenvalue weighted by Gasteiger charge is 2.44. The molecule has 19 heavy (non-hydrogen) atoms. The number of hydrogen-bond acceptors (Lipinski definition) is 5. The topological polar surface area (TPSA) is 86.7 Å². The molecule has 2 rings (SSSR count). The Morgan fingerprint density at radius 3 is 2.68 bits per heavy atom. The van der Waals surface area contributed by atoms with E-state index in [1.807, 2.05) is 0 Å². The van der Waals surface area contributed by atoms with Crippen molar-refractivity contribution in [1.29, 1.82) is 0 Å². The molecule has 1 aromatic heterocycles. The number of nitrogens with one attached hydrogen (secondary N) is 1. The molecule has 0 aliphatic carbocycles. The van der Waals surface area contributed by atoms with Gasteiger partial charge in [-0.15, -0.1) is 11.3 Å². The van der Waals surface area contributed by atoms with Crippen LogP contribution in [0.25, 0.3) is 0 Å². The first-order valence-electron chi connectivity index (χ1n) is 5.76. The van der Waals surface area contributed by atoms with E-state index in [4.69, 9.17) is 0 Å². The minimum Gasteiger partial charge on any atom is -0.387 e. The van der Waals surface area contributed by atoms with Crippen molar-refractivity contribution < 1.29 is 18.3 Å². The van der Waals surface area contributed by atoms with Crippen LogP contribution in [0.1, 0.15) is 18.7 Å². The number of nitrogens with zero attached hydrogens (tertiary/aromatic N) is 1. The Labute approximate surface area is 116 Å². The van der Waals surface area contributed by atoms with E-state index in [2.05, 4.69) is 5.32 Å². The van der Waals surface area contributed by atoms with Crippen molar-refractivity contribution in [3.63, 3.8) is 0 Å². The molecular formula is C11H16N2O4S2. The largest absolute Gasteiger partial charge is 0.387 e. The van der Waals surface area contributed by atoms with Gasteiger partial charge in [0.25, 0.3) is 10.0 Å². The van der Waals surface area contributed by atoms with Crippen LogP contribution in [0, 0.1) is 0 Å². The van der Waals surface area contributed by atoms with Crippen LogP contribution in [-0.4, -0.2) is 42.4 Å². The number of rotatable bonds is 4. The maximum Gasteiger partial charge on any atom is 0.252 e. The lowest BCUT2D eigenvalue weighted by molar-refractivity contribution is -0.119. The fourth-order valence-corrected chi connectivity index (χ4v) is 4.94. The van der Waals surface area contributed by atoms with Crippen LogP contribution in [0.3, 0.4) is 0 Å². The average Bonchev–Trinajstić information content (AvgIpc) is 2.72. The van der Waals surface area contributed by atoms with E-state index in [9.17, 15) is 18.3 Å². The smallest absolute Gasteiger partial charge is 0.252 e. The monoisotopic (exact) mass is 304 g/mol. The van der Waals surface area contributed by atoms with Crippen molar-refractivity contribution in [3.05, 3.63) is 17.0 Å². The van der Waals surface area contributed by atoms with Gasteiger partial charge in [-0.3, -0.25) is 4.79 Å². The van der Waals surface area contributed by atoms with Gasteiger partial charge < -0.3 is 10.4 Å². The molecule has 2 N–H and O–H groups in total. The van der Waals surface area contributed by atoms with Crippen LogP contribution in [0.2, 0.25) is 0 Å². The van der Waals surface area contributed by atoms with Gasteiger partial charge in [0.05, 0.1) is 12.1 Å². The SMILES string of the molecule is CC(=O)NCc1ccc(S(=O)(=O)N2CC(C)(O)C2)s1. The highest BCUT2D eigenvalue weighted by Crippen LogP contribution is 2.31. The van der Waals surface area contributed by atoms with E-state index in [0.717, 1.165) is 16.2 Å². The second kappa shape index (κ2) is 4.86. The fourth-order valence-electron chi connectivity index (χ4n) is 1.81. The molecule has 1 aromatic rings. The van der Waals surface area contributed by atoms with Crippen LogP contribution in [0.5, 0.6) is 0 Å². The summed E-state index contributed by atoms with van der Waals surface area (Å²) in [4.78, 5) is 11.6. The van der Waals surface area contributed by atoms with Crippen LogP contribution in [0.4, 0.5) is 0 Å². The van der Waals surface area contributed by atoms with Gasteiger partial charge >= 0.3 is 0 Å². The van der Waals surface area contributed by atoms with Gasteiger partial charge in [0.1, 0.15) is 4.21 Å². The maximum atomic E-state index is 12.2. The summed E-state index contributed by atoms with van der Waals surface area (Å²) < 4.78 is 25.9. The van der Waals surface area contributed by atoms with Gasteiger partial charge in [-0.2, -0.15) is 4.31 Å². The van der Waals surface area contributed by atoms with Crippen molar-refractivity contribution >= 4 is 27.3 Å². The first-order valence-corrected chi connectivity index (χ1v) is 8.02. The molecule has 1 aliphatic heterocycles. The Morgan fingerprint density at radius 1 is 1.53 bits per heavy atom. The normalized spacial score (nSPS) is 18.9. The third-order valence-corrected chi connectivity index (χ3v) is 6.12. The number of carbonyl (C=O) groups excluding carboxylic acids is 1. The predicted octanol–water partition coefficient (Wildman–Crippen LogP) is 0.140. The minimum absolute atomic E-state index is 0.119. The van der Waals surface area contributed by atoms with E-state index >= 15 is 0 Å². The molecule has 0 spiro atoms. The molecule has 0 saturated carbocycles. The Morgan fingerprint density at radius 2 is 2.16 bits per heavy atom. The molecule has 2 heterocycles. The van der Waals surface area contributed by atoms with E-state index in [1.165, 1.54) is 17.3 Å². The molecule has 8 heteroatoms. The summed E-state index contributed by atoms with van der Waals surface area (Å²) in [6.45, 7) is 3.58. The zero-order valence-electron chi connectivity index (χ0n) is 10.7. The van der Waals surface area contributed by atoms with E-state index in [-0.39, 0.29) is 23.2 Å². The Kier molecular flexibility index (Phi) is 3.69. The molecule has 0 radical (unpaired) electrons. The van der Waals surface area contributed by atoms with Crippen LogP contribution in [-0.2, 0) is 21.4 Å². The molecular weight excluding hydrogens is 288 g/mol. The summed E-state index contributed by atoms with van der Waals surface area (Å²) in [6.07, 6.45) is 0. The molecule has 0 aromatic carbocycles. The van der Waals surface area contributed by atoms with Crippen molar-refractivity contribution in [2.45, 2.75) is 30.2 Å². The van der Waals surface area contributed by atoms with Crippen LogP contribution < -0.4 is 5.32 Å². The number of carbonyl (C=O) groups is 1. The number of β-amino-alcohol motifs (C(OH)–C–C–N with tert-alkyl or cyclic N) is 1. The van der Waals surface area contributed by atoms with Crippen molar-refractivity contribution in [2.24, 2.45) is 0 Å².